The Hall–Kier alpha value is -1.73. The predicted molar refractivity (Wildman–Crippen MR) is 80.3 cm³/mol. The minimum atomic E-state index is -0.660. The molecule has 3 heterocycles. The van der Waals surface area contributed by atoms with Crippen LogP contribution in [0, 0.1) is 0 Å². The summed E-state index contributed by atoms with van der Waals surface area (Å²) in [5.74, 6) is 0.880. The van der Waals surface area contributed by atoms with Crippen LogP contribution in [-0.2, 0) is 0 Å². The third-order valence-corrected chi connectivity index (χ3v) is 3.79. The third-order valence-electron chi connectivity index (χ3n) is 3.79. The molecule has 7 heteroatoms. The topological polar surface area (TPSA) is 69.8 Å². The van der Waals surface area contributed by atoms with Crippen molar-refractivity contribution in [2.45, 2.75) is 32.4 Å². The number of rotatable bonds is 3. The molecule has 0 amide bonds. The average molecular weight is 290 g/mol. The molecule has 2 aromatic heterocycles. The van der Waals surface area contributed by atoms with Crippen molar-refractivity contribution < 1.29 is 5.11 Å². The van der Waals surface area contributed by atoms with Crippen LogP contribution in [0.4, 0.5) is 5.82 Å². The lowest BCUT2D eigenvalue weighted by atomic mass is 10.1. The van der Waals surface area contributed by atoms with E-state index in [9.17, 15) is 5.11 Å². The summed E-state index contributed by atoms with van der Waals surface area (Å²) >= 11 is 0. The van der Waals surface area contributed by atoms with Gasteiger partial charge in [0.25, 0.3) is 0 Å². The van der Waals surface area contributed by atoms with Crippen molar-refractivity contribution in [3.05, 3.63) is 18.7 Å². The van der Waals surface area contributed by atoms with Crippen LogP contribution in [0.2, 0.25) is 0 Å². The summed E-state index contributed by atoms with van der Waals surface area (Å²) < 4.78 is 1.89. The molecule has 1 fully saturated rings. The van der Waals surface area contributed by atoms with Crippen molar-refractivity contribution in [3.8, 4) is 0 Å². The Morgan fingerprint density at radius 1 is 1.38 bits per heavy atom. The van der Waals surface area contributed by atoms with E-state index in [0.717, 1.165) is 31.1 Å². The molecule has 0 bridgehead atoms. The van der Waals surface area contributed by atoms with E-state index in [1.165, 1.54) is 0 Å². The maximum absolute atomic E-state index is 9.96. The number of β-amino-alcohol motifs (C(OH)–C–C–N with tert-alkyl or cyclic N) is 1. The second-order valence-electron chi connectivity index (χ2n) is 6.40. The number of hydrogen-bond donors (Lipinski definition) is 1. The van der Waals surface area contributed by atoms with Crippen LogP contribution in [0.3, 0.4) is 0 Å². The molecule has 1 atom stereocenters. The summed E-state index contributed by atoms with van der Waals surface area (Å²) in [7, 11) is 0. The second kappa shape index (κ2) is 5.23. The van der Waals surface area contributed by atoms with E-state index >= 15 is 0 Å². The van der Waals surface area contributed by atoms with E-state index in [1.54, 1.807) is 12.5 Å². The Kier molecular flexibility index (Phi) is 3.54. The lowest BCUT2D eigenvalue weighted by Gasteiger charge is -2.42. The average Bonchev–Trinajstić information content (AvgIpc) is 2.85. The highest BCUT2D eigenvalue weighted by molar-refractivity contribution is 5.63. The number of anilines is 1. The van der Waals surface area contributed by atoms with E-state index in [2.05, 4.69) is 31.9 Å². The third kappa shape index (κ3) is 2.98. The van der Waals surface area contributed by atoms with Crippen LogP contribution in [0.25, 0.3) is 5.65 Å². The van der Waals surface area contributed by atoms with Crippen molar-refractivity contribution in [2.75, 3.05) is 31.1 Å². The molecular formula is C14H22N6O. The van der Waals surface area contributed by atoms with Gasteiger partial charge in [-0.3, -0.25) is 9.30 Å². The molecule has 1 saturated heterocycles. The molecule has 114 valence electrons. The van der Waals surface area contributed by atoms with Gasteiger partial charge in [-0.1, -0.05) is 0 Å². The van der Waals surface area contributed by atoms with Gasteiger partial charge in [0.1, 0.15) is 6.33 Å². The number of hydrogen-bond acceptors (Lipinski definition) is 6. The zero-order valence-electron chi connectivity index (χ0n) is 12.8. The van der Waals surface area contributed by atoms with Gasteiger partial charge < -0.3 is 10.0 Å². The molecule has 0 radical (unpaired) electrons. The lowest BCUT2D eigenvalue weighted by molar-refractivity contribution is 0.0307. The van der Waals surface area contributed by atoms with E-state index < -0.39 is 5.60 Å². The van der Waals surface area contributed by atoms with Crippen molar-refractivity contribution in [2.24, 2.45) is 0 Å². The van der Waals surface area contributed by atoms with Gasteiger partial charge in [-0.25, -0.2) is 4.98 Å². The lowest BCUT2D eigenvalue weighted by Crippen LogP contribution is -2.55. The van der Waals surface area contributed by atoms with Crippen LogP contribution in [0.15, 0.2) is 18.7 Å². The van der Waals surface area contributed by atoms with E-state index in [4.69, 9.17) is 0 Å². The minimum Gasteiger partial charge on any atom is -0.389 e. The number of piperazine rings is 1. The van der Waals surface area contributed by atoms with Crippen LogP contribution in [0.5, 0.6) is 0 Å². The molecule has 2 aromatic rings. The van der Waals surface area contributed by atoms with Gasteiger partial charge in [0.2, 0.25) is 5.65 Å². The molecule has 1 aliphatic rings. The summed E-state index contributed by atoms with van der Waals surface area (Å²) in [5.41, 5.74) is 0.132. The highest BCUT2D eigenvalue weighted by Gasteiger charge is 2.29. The smallest absolute Gasteiger partial charge is 0.203 e. The van der Waals surface area contributed by atoms with Crippen molar-refractivity contribution in [1.29, 1.82) is 0 Å². The Morgan fingerprint density at radius 2 is 2.19 bits per heavy atom. The summed E-state index contributed by atoms with van der Waals surface area (Å²) in [4.78, 5) is 9.05. The van der Waals surface area contributed by atoms with E-state index in [0.29, 0.717) is 12.6 Å². The summed E-state index contributed by atoms with van der Waals surface area (Å²) in [6.45, 7) is 9.25. The fraction of sp³-hybridized carbons (Fsp3) is 0.643. The van der Waals surface area contributed by atoms with E-state index in [-0.39, 0.29) is 0 Å². The zero-order valence-corrected chi connectivity index (χ0v) is 12.8. The maximum atomic E-state index is 9.96. The van der Waals surface area contributed by atoms with Crippen LogP contribution in [-0.4, -0.2) is 67.4 Å². The predicted octanol–water partition coefficient (Wildman–Crippen LogP) is 0.406. The minimum absolute atomic E-state index is 0.316. The first kappa shape index (κ1) is 14.2. The largest absolute Gasteiger partial charge is 0.389 e. The fourth-order valence-corrected chi connectivity index (χ4v) is 2.99. The zero-order chi connectivity index (χ0) is 15.0. The number of aliphatic hydroxyl groups is 1. The Morgan fingerprint density at radius 3 is 2.90 bits per heavy atom. The van der Waals surface area contributed by atoms with E-state index in [1.807, 2.05) is 24.4 Å². The molecule has 1 aliphatic heterocycles. The Balaban J connectivity index is 1.78. The van der Waals surface area contributed by atoms with Gasteiger partial charge in [-0.2, -0.15) is 0 Å². The SMILES string of the molecule is CC1CN(CC(C)(C)O)CCN1c1nccn2cnnc12. The molecule has 1 N–H and O–H groups in total. The highest BCUT2D eigenvalue weighted by Crippen LogP contribution is 2.22. The Bertz CT molecular complexity index is 619. The molecule has 21 heavy (non-hydrogen) atoms. The number of fused-ring (bicyclic) bond motifs is 1. The van der Waals surface area contributed by atoms with Crippen molar-refractivity contribution in [3.63, 3.8) is 0 Å². The van der Waals surface area contributed by atoms with Crippen molar-refractivity contribution >= 4 is 11.5 Å². The van der Waals surface area contributed by atoms with Gasteiger partial charge in [-0.05, 0) is 20.8 Å². The standard InChI is InChI=1S/C14H22N6O/c1-11-8-18(9-14(2,3)21)6-7-20(11)12-13-17-16-10-19(13)5-4-15-12/h4-5,10-11,21H,6-9H2,1-3H3. The molecule has 0 aromatic carbocycles. The molecule has 0 saturated carbocycles. The first-order valence-electron chi connectivity index (χ1n) is 7.30. The summed E-state index contributed by atoms with van der Waals surface area (Å²) in [5, 5.41) is 18.1. The number of nitrogens with zero attached hydrogens (tertiary/aromatic N) is 6. The van der Waals surface area contributed by atoms with Gasteiger partial charge in [0.15, 0.2) is 5.82 Å². The molecular weight excluding hydrogens is 268 g/mol. The molecule has 1 unspecified atom stereocenters. The van der Waals surface area contributed by atoms with Gasteiger partial charge in [0.05, 0.1) is 5.60 Å². The van der Waals surface area contributed by atoms with Crippen LogP contribution >= 0.6 is 0 Å². The highest BCUT2D eigenvalue weighted by atomic mass is 16.3. The maximum Gasteiger partial charge on any atom is 0.203 e. The first-order valence-corrected chi connectivity index (χ1v) is 7.30. The second-order valence-corrected chi connectivity index (χ2v) is 6.40. The van der Waals surface area contributed by atoms with Gasteiger partial charge in [0, 0.05) is 44.6 Å². The fourth-order valence-electron chi connectivity index (χ4n) is 2.99. The monoisotopic (exact) mass is 290 g/mol. The molecule has 0 aliphatic carbocycles. The van der Waals surface area contributed by atoms with Crippen LogP contribution < -0.4 is 4.90 Å². The molecule has 0 spiro atoms. The quantitative estimate of drug-likeness (QED) is 0.883. The summed E-state index contributed by atoms with van der Waals surface area (Å²) in [6, 6.07) is 0.316. The van der Waals surface area contributed by atoms with Crippen molar-refractivity contribution in [1.82, 2.24) is 24.5 Å². The number of aromatic nitrogens is 4. The van der Waals surface area contributed by atoms with Crippen LogP contribution in [0.1, 0.15) is 20.8 Å². The summed E-state index contributed by atoms with van der Waals surface area (Å²) in [6.07, 6.45) is 5.32. The molecule has 7 nitrogen and oxygen atoms in total. The van der Waals surface area contributed by atoms with Gasteiger partial charge >= 0.3 is 0 Å². The molecule has 3 rings (SSSR count). The first-order chi connectivity index (χ1) is 9.94. The van der Waals surface area contributed by atoms with Gasteiger partial charge in [-0.15, -0.1) is 10.2 Å². The Labute approximate surface area is 124 Å². The normalized spacial score (nSPS) is 21.1.